The minimum absolute atomic E-state index is 0.111. The van der Waals surface area contributed by atoms with Crippen LogP contribution in [-0.2, 0) is 20.9 Å². The third kappa shape index (κ3) is 8.47. The third-order valence-electron chi connectivity index (χ3n) is 6.30. The lowest BCUT2D eigenvalue weighted by Gasteiger charge is -2.23. The number of nitrogens with one attached hydrogen (secondary N) is 3. The number of hydrogen-bond acceptors (Lipinski definition) is 7. The number of hydrogen-bond donors (Lipinski definition) is 4. The van der Waals surface area contributed by atoms with Crippen LogP contribution >= 0.6 is 0 Å². The van der Waals surface area contributed by atoms with E-state index < -0.39 is 35.4 Å². The Labute approximate surface area is 247 Å². The topological polar surface area (TPSA) is 164 Å². The number of pyridine rings is 1. The summed E-state index contributed by atoms with van der Waals surface area (Å²) in [5.41, 5.74) is 3.91. The van der Waals surface area contributed by atoms with E-state index in [1.165, 1.54) is 12.3 Å². The molecule has 0 aliphatic carbocycles. The van der Waals surface area contributed by atoms with Gasteiger partial charge >= 0.3 is 12.1 Å². The van der Waals surface area contributed by atoms with Crippen LogP contribution < -0.4 is 10.6 Å². The van der Waals surface area contributed by atoms with Crippen molar-refractivity contribution in [2.24, 2.45) is 0 Å². The molecule has 13 heteroatoms. The van der Waals surface area contributed by atoms with Crippen molar-refractivity contribution in [3.63, 3.8) is 0 Å². The molecule has 4 rings (SSSR count). The second-order valence-electron chi connectivity index (χ2n) is 10.9. The first-order chi connectivity index (χ1) is 20.4. The van der Waals surface area contributed by atoms with Crippen LogP contribution in [0, 0.1) is 12.7 Å². The van der Waals surface area contributed by atoms with Crippen molar-refractivity contribution in [1.29, 1.82) is 0 Å². The number of aromatic amines is 1. The normalized spacial score (nSPS) is 12.0. The quantitative estimate of drug-likeness (QED) is 0.200. The maximum absolute atomic E-state index is 14.9. The zero-order valence-electron chi connectivity index (χ0n) is 24.3. The third-order valence-corrected chi connectivity index (χ3v) is 6.30. The van der Waals surface area contributed by atoms with Crippen LogP contribution in [0.15, 0.2) is 55.0 Å². The molecule has 0 aliphatic heterocycles. The zero-order valence-corrected chi connectivity index (χ0v) is 24.3. The highest BCUT2D eigenvalue weighted by atomic mass is 19.1. The van der Waals surface area contributed by atoms with Gasteiger partial charge in [-0.25, -0.2) is 9.18 Å². The van der Waals surface area contributed by atoms with Gasteiger partial charge in [0.1, 0.15) is 17.5 Å². The van der Waals surface area contributed by atoms with Crippen LogP contribution in [0.1, 0.15) is 39.3 Å². The first-order valence-corrected chi connectivity index (χ1v) is 13.7. The van der Waals surface area contributed by atoms with E-state index in [0.717, 1.165) is 28.2 Å². The predicted octanol–water partition coefficient (Wildman–Crippen LogP) is 4.32. The molecule has 0 spiro atoms. The molecular formula is C30H34FN7O5. The number of H-pyrrole nitrogens is 1. The van der Waals surface area contributed by atoms with Crippen molar-refractivity contribution in [2.45, 2.75) is 58.7 Å². The molecule has 0 bridgehead atoms. The van der Waals surface area contributed by atoms with Crippen molar-refractivity contribution < 1.29 is 28.6 Å². The molecule has 4 N–H and O–H groups in total. The predicted molar refractivity (Wildman–Crippen MR) is 156 cm³/mol. The van der Waals surface area contributed by atoms with Crippen LogP contribution in [0.4, 0.5) is 9.18 Å². The van der Waals surface area contributed by atoms with Crippen molar-refractivity contribution in [1.82, 2.24) is 35.6 Å². The van der Waals surface area contributed by atoms with Gasteiger partial charge in [-0.15, -0.1) is 0 Å². The van der Waals surface area contributed by atoms with E-state index in [0.29, 0.717) is 11.1 Å². The summed E-state index contributed by atoms with van der Waals surface area (Å²) >= 11 is 0. The molecule has 0 radical (unpaired) electrons. The Morgan fingerprint density at radius 1 is 1.12 bits per heavy atom. The summed E-state index contributed by atoms with van der Waals surface area (Å²) < 4.78 is 21.7. The molecule has 0 aliphatic rings. The highest BCUT2D eigenvalue weighted by Crippen LogP contribution is 2.33. The molecule has 43 heavy (non-hydrogen) atoms. The number of carbonyl (C=O) groups is 3. The van der Waals surface area contributed by atoms with E-state index in [-0.39, 0.29) is 25.9 Å². The molecule has 12 nitrogen and oxygen atoms in total. The zero-order chi connectivity index (χ0) is 31.1. The van der Waals surface area contributed by atoms with Gasteiger partial charge in [0, 0.05) is 41.5 Å². The number of carbonyl (C=O) groups excluding carboxylic acids is 2. The number of aryl methyl sites for hydroxylation is 1. The Balaban J connectivity index is 1.42. The second kappa shape index (κ2) is 13.3. The molecule has 0 saturated carbocycles. The average Bonchev–Trinajstić information content (AvgIpc) is 3.60. The van der Waals surface area contributed by atoms with E-state index in [1.807, 2.05) is 25.1 Å². The highest BCUT2D eigenvalue weighted by Gasteiger charge is 2.25. The average molecular weight is 592 g/mol. The lowest BCUT2D eigenvalue weighted by Crippen LogP contribution is -2.48. The molecule has 1 atom stereocenters. The van der Waals surface area contributed by atoms with Gasteiger partial charge in [-0.3, -0.25) is 24.4 Å². The molecular weight excluding hydrogens is 557 g/mol. The van der Waals surface area contributed by atoms with Gasteiger partial charge in [0.15, 0.2) is 0 Å². The fraction of sp³-hybridized carbons (Fsp3) is 0.333. The molecule has 0 saturated heterocycles. The smallest absolute Gasteiger partial charge is 0.408 e. The first-order valence-electron chi connectivity index (χ1n) is 13.7. The summed E-state index contributed by atoms with van der Waals surface area (Å²) in [7, 11) is 0. The van der Waals surface area contributed by atoms with Crippen molar-refractivity contribution in [3.05, 3.63) is 66.5 Å². The summed E-state index contributed by atoms with van der Waals surface area (Å²) in [6.07, 6.45) is 3.61. The molecule has 0 unspecified atom stereocenters. The SMILES string of the molecule is Cc1cccc(-c2[nH]ncc2-c2ccc(F)c(-c3cnn(CCNC(=O)[C@H](CCC(=O)O)NC(=O)OC(C)(C)C)c3)c2)n1. The van der Waals surface area contributed by atoms with Crippen LogP contribution in [0.3, 0.4) is 0 Å². The maximum atomic E-state index is 14.9. The Morgan fingerprint density at radius 3 is 2.63 bits per heavy atom. The molecule has 3 aromatic heterocycles. The lowest BCUT2D eigenvalue weighted by atomic mass is 9.99. The van der Waals surface area contributed by atoms with Crippen LogP contribution in [-0.4, -0.2) is 66.2 Å². The molecule has 2 amide bonds. The van der Waals surface area contributed by atoms with Crippen molar-refractivity contribution in [2.75, 3.05) is 6.54 Å². The fourth-order valence-electron chi connectivity index (χ4n) is 4.32. The van der Waals surface area contributed by atoms with E-state index in [9.17, 15) is 18.8 Å². The molecule has 226 valence electrons. The van der Waals surface area contributed by atoms with Gasteiger partial charge in [-0.2, -0.15) is 10.2 Å². The Kier molecular flexibility index (Phi) is 9.53. The molecule has 4 aromatic rings. The van der Waals surface area contributed by atoms with E-state index >= 15 is 0 Å². The fourth-order valence-corrected chi connectivity index (χ4v) is 4.32. The number of rotatable bonds is 11. The van der Waals surface area contributed by atoms with Gasteiger partial charge in [0.2, 0.25) is 5.91 Å². The van der Waals surface area contributed by atoms with E-state index in [2.05, 4.69) is 30.9 Å². The number of carboxylic acid groups (broad SMARTS) is 1. The summed E-state index contributed by atoms with van der Waals surface area (Å²) in [5.74, 6) is -2.08. The summed E-state index contributed by atoms with van der Waals surface area (Å²) in [5, 5.41) is 25.6. The van der Waals surface area contributed by atoms with E-state index in [4.69, 9.17) is 9.84 Å². The van der Waals surface area contributed by atoms with Gasteiger partial charge in [-0.05, 0) is 63.9 Å². The largest absolute Gasteiger partial charge is 0.481 e. The van der Waals surface area contributed by atoms with Gasteiger partial charge in [0.25, 0.3) is 0 Å². The van der Waals surface area contributed by atoms with E-state index in [1.54, 1.807) is 50.0 Å². The van der Waals surface area contributed by atoms with Gasteiger partial charge < -0.3 is 20.5 Å². The van der Waals surface area contributed by atoms with Crippen LogP contribution in [0.25, 0.3) is 33.6 Å². The second-order valence-corrected chi connectivity index (χ2v) is 10.9. The van der Waals surface area contributed by atoms with Crippen molar-refractivity contribution in [3.8, 4) is 33.6 Å². The number of benzene rings is 1. The summed E-state index contributed by atoms with van der Waals surface area (Å²) in [6.45, 7) is 7.31. The number of amides is 2. The van der Waals surface area contributed by atoms with Crippen LogP contribution in [0.2, 0.25) is 0 Å². The minimum atomic E-state index is -1.10. The lowest BCUT2D eigenvalue weighted by molar-refractivity contribution is -0.137. The summed E-state index contributed by atoms with van der Waals surface area (Å²) in [4.78, 5) is 40.5. The molecule has 1 aromatic carbocycles. The number of aromatic nitrogens is 5. The van der Waals surface area contributed by atoms with Gasteiger partial charge in [-0.1, -0.05) is 12.1 Å². The number of carboxylic acids is 1. The first kappa shape index (κ1) is 30.9. The molecule has 3 heterocycles. The minimum Gasteiger partial charge on any atom is -0.481 e. The maximum Gasteiger partial charge on any atom is 0.408 e. The monoisotopic (exact) mass is 591 g/mol. The summed E-state index contributed by atoms with van der Waals surface area (Å²) in [6, 6.07) is 9.36. The number of ether oxygens (including phenoxy) is 1. The van der Waals surface area contributed by atoms with Crippen molar-refractivity contribution >= 4 is 18.0 Å². The highest BCUT2D eigenvalue weighted by molar-refractivity contribution is 5.86. The molecule has 0 fully saturated rings. The number of aliphatic carboxylic acids is 1. The number of nitrogens with zero attached hydrogens (tertiary/aromatic N) is 4. The van der Waals surface area contributed by atoms with Crippen LogP contribution in [0.5, 0.6) is 0 Å². The Morgan fingerprint density at radius 2 is 1.91 bits per heavy atom. The number of alkyl carbamates (subject to hydrolysis) is 1. The standard InChI is InChI=1S/C30H34FN7O5/c1-18-6-5-7-24(35-18)27-22(16-33-37-27)19-8-9-23(31)21(14-19)20-15-34-38(17-20)13-12-32-28(41)25(10-11-26(39)40)36-29(42)43-30(2,3)4/h5-9,14-17,25H,10-13H2,1-4H3,(H,32,41)(H,33,37)(H,36,42)(H,39,40)/t25-/m0/s1. The number of halogens is 1. The van der Waals surface area contributed by atoms with Gasteiger partial charge in [0.05, 0.1) is 30.3 Å². The Hall–Kier alpha value is -5.07. The Bertz CT molecular complexity index is 1610.